The van der Waals surface area contributed by atoms with Crippen LogP contribution in [0.2, 0.25) is 0 Å². The fourth-order valence-electron chi connectivity index (χ4n) is 3.65. The largest absolute Gasteiger partial charge is 0.391 e. The van der Waals surface area contributed by atoms with Gasteiger partial charge in [-0.2, -0.15) is 5.10 Å². The molecule has 2 aliphatic rings. The van der Waals surface area contributed by atoms with Crippen LogP contribution in [0.1, 0.15) is 33.9 Å². The summed E-state index contributed by atoms with van der Waals surface area (Å²) in [4.78, 5) is 18.8. The number of aliphatic hydroxyl groups is 1. The number of carbonyl (C=O) groups excluding carboxylic acids is 1. The Kier molecular flexibility index (Phi) is 3.61. The molecular weight excluding hydrogens is 292 g/mol. The van der Waals surface area contributed by atoms with Crippen LogP contribution < -0.4 is 0 Å². The number of hydrogen-bond donors (Lipinski definition) is 2. The summed E-state index contributed by atoms with van der Waals surface area (Å²) in [5, 5.41) is 17.5. The molecule has 1 aliphatic carbocycles. The van der Waals surface area contributed by atoms with Gasteiger partial charge in [0, 0.05) is 42.2 Å². The van der Waals surface area contributed by atoms with Gasteiger partial charge in [-0.05, 0) is 37.8 Å². The Bertz CT molecular complexity index is 713. The van der Waals surface area contributed by atoms with Crippen LogP contribution in [0.25, 0.3) is 0 Å². The maximum Gasteiger partial charge on any atom is 0.274 e. The number of aromatic amines is 1. The molecule has 2 N–H and O–H groups in total. The maximum absolute atomic E-state index is 12.7. The van der Waals surface area contributed by atoms with E-state index in [4.69, 9.17) is 0 Å². The molecule has 0 radical (unpaired) electrons. The highest BCUT2D eigenvalue weighted by molar-refractivity contribution is 5.94. The molecule has 3 heterocycles. The molecule has 2 aromatic heterocycles. The predicted molar refractivity (Wildman–Crippen MR) is 84.0 cm³/mol. The third-order valence-corrected chi connectivity index (χ3v) is 4.90. The highest BCUT2D eigenvalue weighted by atomic mass is 16.3. The van der Waals surface area contributed by atoms with E-state index in [1.54, 1.807) is 11.1 Å². The Labute approximate surface area is 134 Å². The summed E-state index contributed by atoms with van der Waals surface area (Å²) < 4.78 is 0. The number of aliphatic hydroxyl groups excluding tert-OH is 1. The van der Waals surface area contributed by atoms with E-state index in [2.05, 4.69) is 15.2 Å². The minimum Gasteiger partial charge on any atom is -0.391 e. The first kappa shape index (κ1) is 14.4. The number of amides is 1. The lowest BCUT2D eigenvalue weighted by Crippen LogP contribution is -2.30. The summed E-state index contributed by atoms with van der Waals surface area (Å²) in [6, 6.07) is 5.78. The van der Waals surface area contributed by atoms with Gasteiger partial charge in [0.15, 0.2) is 5.69 Å². The molecule has 2 aromatic rings. The average Bonchev–Trinajstić information content (AvgIpc) is 3.24. The second-order valence-corrected chi connectivity index (χ2v) is 6.45. The third-order valence-electron chi connectivity index (χ3n) is 4.90. The summed E-state index contributed by atoms with van der Waals surface area (Å²) >= 11 is 0. The number of nitrogens with one attached hydrogen (secondary N) is 1. The van der Waals surface area contributed by atoms with Crippen molar-refractivity contribution in [3.05, 3.63) is 47.0 Å². The summed E-state index contributed by atoms with van der Waals surface area (Å²) in [6.07, 6.45) is 4.90. The summed E-state index contributed by atoms with van der Waals surface area (Å²) in [5.41, 5.74) is 3.66. The van der Waals surface area contributed by atoms with Crippen LogP contribution in [0.3, 0.4) is 0 Å². The van der Waals surface area contributed by atoms with Crippen LogP contribution in [0.5, 0.6) is 0 Å². The topological polar surface area (TPSA) is 82.1 Å². The predicted octanol–water partition coefficient (Wildman–Crippen LogP) is 0.969. The Hall–Kier alpha value is -2.21. The first-order valence-corrected chi connectivity index (χ1v) is 8.15. The molecule has 23 heavy (non-hydrogen) atoms. The van der Waals surface area contributed by atoms with Gasteiger partial charge in [-0.3, -0.25) is 14.9 Å². The van der Waals surface area contributed by atoms with E-state index in [0.29, 0.717) is 25.2 Å². The van der Waals surface area contributed by atoms with Crippen molar-refractivity contribution in [2.24, 2.45) is 5.92 Å². The fourth-order valence-corrected chi connectivity index (χ4v) is 3.65. The quantitative estimate of drug-likeness (QED) is 0.885. The molecule has 6 nitrogen and oxygen atoms in total. The van der Waals surface area contributed by atoms with Gasteiger partial charge in [0.2, 0.25) is 0 Å². The smallest absolute Gasteiger partial charge is 0.274 e. The lowest BCUT2D eigenvalue weighted by atomic mass is 10.00. The third kappa shape index (κ3) is 2.63. The van der Waals surface area contributed by atoms with Crippen molar-refractivity contribution in [2.45, 2.75) is 31.8 Å². The van der Waals surface area contributed by atoms with Gasteiger partial charge >= 0.3 is 0 Å². The Morgan fingerprint density at radius 2 is 2.26 bits per heavy atom. The van der Waals surface area contributed by atoms with E-state index in [9.17, 15) is 9.90 Å². The molecule has 6 heteroatoms. The van der Waals surface area contributed by atoms with Crippen molar-refractivity contribution in [3.8, 4) is 0 Å². The normalized spacial score (nSPS) is 23.3. The molecule has 2 unspecified atom stereocenters. The highest BCUT2D eigenvalue weighted by Crippen LogP contribution is 2.27. The number of fused-ring (bicyclic) bond motifs is 1. The van der Waals surface area contributed by atoms with Crippen molar-refractivity contribution in [2.75, 3.05) is 13.1 Å². The van der Waals surface area contributed by atoms with Gasteiger partial charge in [0.1, 0.15) is 0 Å². The highest BCUT2D eigenvalue weighted by Gasteiger charge is 2.36. The second kappa shape index (κ2) is 5.77. The lowest BCUT2D eigenvalue weighted by Gasteiger charge is -2.15. The van der Waals surface area contributed by atoms with Crippen molar-refractivity contribution >= 4 is 5.91 Å². The number of aryl methyl sites for hydroxylation is 1. The number of carbonyl (C=O) groups is 1. The van der Waals surface area contributed by atoms with Crippen LogP contribution in [0.15, 0.2) is 24.4 Å². The second-order valence-electron chi connectivity index (χ2n) is 6.45. The van der Waals surface area contributed by atoms with E-state index in [1.165, 1.54) is 0 Å². The Morgan fingerprint density at radius 1 is 1.35 bits per heavy atom. The summed E-state index contributed by atoms with van der Waals surface area (Å²) in [5.74, 6) is -0.0344. The number of rotatable bonds is 3. The molecule has 0 bridgehead atoms. The minimum atomic E-state index is -0.507. The molecule has 0 saturated carbocycles. The molecule has 1 saturated heterocycles. The number of likely N-dealkylation sites (tertiary alicyclic amines) is 1. The molecule has 4 rings (SSSR count). The summed E-state index contributed by atoms with van der Waals surface area (Å²) in [6.45, 7) is 0.927. The van der Waals surface area contributed by atoms with Crippen molar-refractivity contribution < 1.29 is 9.90 Å². The van der Waals surface area contributed by atoms with Gasteiger partial charge < -0.3 is 10.0 Å². The molecule has 0 spiro atoms. The minimum absolute atomic E-state index is 0.0286. The molecule has 120 valence electrons. The first-order valence-electron chi connectivity index (χ1n) is 8.15. The van der Waals surface area contributed by atoms with E-state index in [0.717, 1.165) is 36.2 Å². The Morgan fingerprint density at radius 3 is 3.09 bits per heavy atom. The number of nitrogens with zero attached hydrogens (tertiary/aromatic N) is 3. The van der Waals surface area contributed by atoms with Crippen LogP contribution in [-0.2, 0) is 19.3 Å². The van der Waals surface area contributed by atoms with Crippen LogP contribution in [-0.4, -0.2) is 50.3 Å². The van der Waals surface area contributed by atoms with E-state index in [-0.39, 0.29) is 11.8 Å². The van der Waals surface area contributed by atoms with E-state index >= 15 is 0 Å². The van der Waals surface area contributed by atoms with Gasteiger partial charge in [-0.1, -0.05) is 6.07 Å². The number of aromatic nitrogens is 3. The van der Waals surface area contributed by atoms with Gasteiger partial charge in [-0.15, -0.1) is 0 Å². The van der Waals surface area contributed by atoms with Gasteiger partial charge in [0.25, 0.3) is 5.91 Å². The first-order chi connectivity index (χ1) is 11.2. The molecular formula is C17H20N4O2. The standard InChI is InChI=1S/C17H20N4O2/c22-15-10-21(9-11(15)8-12-4-1-2-7-18-12)17(23)16-13-5-3-6-14(13)19-20-16/h1-2,4,7,11,15,22H,3,5-6,8-10H2,(H,19,20). The van der Waals surface area contributed by atoms with E-state index < -0.39 is 6.10 Å². The van der Waals surface area contributed by atoms with Crippen molar-refractivity contribution in [3.63, 3.8) is 0 Å². The molecule has 1 aliphatic heterocycles. The van der Waals surface area contributed by atoms with Gasteiger partial charge in [-0.25, -0.2) is 0 Å². The van der Waals surface area contributed by atoms with E-state index in [1.807, 2.05) is 18.2 Å². The van der Waals surface area contributed by atoms with Crippen LogP contribution in [0.4, 0.5) is 0 Å². The number of pyridine rings is 1. The van der Waals surface area contributed by atoms with Crippen LogP contribution in [0, 0.1) is 5.92 Å². The lowest BCUT2D eigenvalue weighted by molar-refractivity contribution is 0.0758. The van der Waals surface area contributed by atoms with Gasteiger partial charge in [0.05, 0.1) is 6.10 Å². The zero-order chi connectivity index (χ0) is 15.8. The van der Waals surface area contributed by atoms with Crippen molar-refractivity contribution in [1.29, 1.82) is 0 Å². The molecule has 2 atom stereocenters. The molecule has 1 fully saturated rings. The maximum atomic E-state index is 12.7. The number of H-pyrrole nitrogens is 1. The summed E-state index contributed by atoms with van der Waals surface area (Å²) in [7, 11) is 0. The monoisotopic (exact) mass is 312 g/mol. The zero-order valence-corrected chi connectivity index (χ0v) is 12.9. The zero-order valence-electron chi connectivity index (χ0n) is 12.9. The van der Waals surface area contributed by atoms with Crippen molar-refractivity contribution in [1.82, 2.24) is 20.1 Å². The molecule has 0 aromatic carbocycles. The fraction of sp³-hybridized carbons (Fsp3) is 0.471. The van der Waals surface area contributed by atoms with Crippen LogP contribution >= 0.6 is 0 Å². The Balaban J connectivity index is 1.47. The number of β-amino-alcohol motifs (C(OH)–C–C–N with tert-alkyl or cyclic N) is 1. The number of hydrogen-bond acceptors (Lipinski definition) is 4. The molecule has 1 amide bonds. The average molecular weight is 312 g/mol. The SMILES string of the molecule is O=C(c1n[nH]c2c1CCC2)N1CC(O)C(Cc2ccccn2)C1.